The summed E-state index contributed by atoms with van der Waals surface area (Å²) < 4.78 is 25.7. The van der Waals surface area contributed by atoms with Crippen molar-refractivity contribution in [3.8, 4) is 0 Å². The Morgan fingerprint density at radius 3 is 1.80 bits per heavy atom. The van der Waals surface area contributed by atoms with E-state index in [9.17, 15) is 0 Å². The summed E-state index contributed by atoms with van der Waals surface area (Å²) in [5, 5.41) is 0. The molecule has 5 rings (SSSR count). The van der Waals surface area contributed by atoms with E-state index in [1.54, 1.807) is 0 Å². The molecule has 41 heavy (non-hydrogen) atoms. The Kier molecular flexibility index (Phi) is 10.3. The fourth-order valence-corrected chi connectivity index (χ4v) is 5.84. The summed E-state index contributed by atoms with van der Waals surface area (Å²) in [5.74, 6) is -0.760. The lowest BCUT2D eigenvalue weighted by molar-refractivity contribution is -0.350. The molecule has 0 spiro atoms. The van der Waals surface area contributed by atoms with E-state index in [2.05, 4.69) is 43.3 Å². The molecule has 6 nitrogen and oxygen atoms in total. The highest BCUT2D eigenvalue weighted by molar-refractivity contribution is 5.47. The predicted octanol–water partition coefficient (Wildman–Crippen LogP) is 7.55. The van der Waals surface area contributed by atoms with E-state index >= 15 is 0 Å². The highest BCUT2D eigenvalue weighted by Crippen LogP contribution is 2.43. The van der Waals surface area contributed by atoms with Gasteiger partial charge in [0.1, 0.15) is 17.8 Å². The zero-order chi connectivity index (χ0) is 28.5. The van der Waals surface area contributed by atoms with Gasteiger partial charge in [-0.3, -0.25) is 0 Å². The van der Waals surface area contributed by atoms with E-state index in [4.69, 9.17) is 28.7 Å². The molecule has 0 bridgehead atoms. The van der Waals surface area contributed by atoms with E-state index in [1.807, 2.05) is 68.4 Å². The number of rotatable bonds is 15. The average Bonchev–Trinajstić information content (AvgIpc) is 3.47. The van der Waals surface area contributed by atoms with E-state index in [0.717, 1.165) is 29.5 Å². The van der Waals surface area contributed by atoms with Crippen LogP contribution in [0, 0.1) is 0 Å². The van der Waals surface area contributed by atoms with Crippen LogP contribution in [0.15, 0.2) is 91.0 Å². The fraction of sp³-hybridized carbons (Fsp3) is 0.486. The molecule has 0 aliphatic carbocycles. The number of ether oxygens (including phenoxy) is 4. The van der Waals surface area contributed by atoms with Crippen LogP contribution in [-0.2, 0) is 34.3 Å². The van der Waals surface area contributed by atoms with Gasteiger partial charge in [-0.1, -0.05) is 130 Å². The maximum atomic E-state index is 7.03. The minimum atomic E-state index is -0.865. The number of unbranched alkanes of at least 4 members (excludes halogenated alkanes) is 5. The van der Waals surface area contributed by atoms with Crippen LogP contribution in [0.3, 0.4) is 0 Å². The summed E-state index contributed by atoms with van der Waals surface area (Å²) in [6.45, 7) is 6.77. The lowest BCUT2D eigenvalue weighted by atomic mass is 9.80. The third kappa shape index (κ3) is 7.08. The first-order valence-electron chi connectivity index (χ1n) is 15.1. The third-order valence-corrected chi connectivity index (χ3v) is 7.85. The molecule has 220 valence electrons. The molecule has 3 aromatic carbocycles. The minimum absolute atomic E-state index is 0.240. The van der Waals surface area contributed by atoms with E-state index in [-0.39, 0.29) is 6.61 Å². The molecule has 2 aliphatic heterocycles. The van der Waals surface area contributed by atoms with Crippen LogP contribution in [-0.4, -0.2) is 43.6 Å². The molecular formula is C35H44O6. The molecule has 0 aromatic heterocycles. The Hall–Kier alpha value is -2.58. The van der Waals surface area contributed by atoms with Gasteiger partial charge in [0.05, 0.1) is 13.2 Å². The monoisotopic (exact) mass is 560 g/mol. The average molecular weight is 561 g/mol. The molecule has 0 saturated carbocycles. The van der Waals surface area contributed by atoms with Crippen molar-refractivity contribution in [2.75, 3.05) is 13.2 Å². The van der Waals surface area contributed by atoms with Crippen molar-refractivity contribution in [3.63, 3.8) is 0 Å². The summed E-state index contributed by atoms with van der Waals surface area (Å²) in [7, 11) is 0. The van der Waals surface area contributed by atoms with Gasteiger partial charge in [0, 0.05) is 0 Å². The van der Waals surface area contributed by atoms with Crippen molar-refractivity contribution >= 4 is 0 Å². The van der Waals surface area contributed by atoms with Crippen LogP contribution < -0.4 is 0 Å². The van der Waals surface area contributed by atoms with Crippen LogP contribution in [0.2, 0.25) is 0 Å². The maximum absolute atomic E-state index is 7.03. The molecule has 2 fully saturated rings. The second kappa shape index (κ2) is 14.1. The molecule has 2 saturated heterocycles. The first-order valence-corrected chi connectivity index (χ1v) is 15.1. The predicted molar refractivity (Wildman–Crippen MR) is 158 cm³/mol. The van der Waals surface area contributed by atoms with Crippen LogP contribution in [0.25, 0.3) is 0 Å². The standard InChI is InChI=1S/C35H44O6/c1-4-5-6-7-8-18-25-37-41-31-30(38-33-32(31)39-34(2,3)40-33)26-36-35(27-19-12-9-13-20-27,28-21-14-10-15-22-28)29-23-16-11-17-24-29/h9-17,19-24,30-33H,4-8,18,25-26H2,1-3H3/t30-,31+,32-,33?/m1/s1. The Morgan fingerprint density at radius 2 is 1.24 bits per heavy atom. The number of fused-ring (bicyclic) bond motifs is 1. The molecule has 3 aromatic rings. The normalized spacial score (nSPS) is 23.5. The fourth-order valence-electron chi connectivity index (χ4n) is 5.84. The second-order valence-corrected chi connectivity index (χ2v) is 11.4. The Morgan fingerprint density at radius 1 is 0.707 bits per heavy atom. The first kappa shape index (κ1) is 29.9. The van der Waals surface area contributed by atoms with Gasteiger partial charge in [-0.05, 0) is 37.0 Å². The highest BCUT2D eigenvalue weighted by Gasteiger charge is 2.56. The quantitative estimate of drug-likeness (QED) is 0.0828. The topological polar surface area (TPSA) is 55.4 Å². The summed E-state index contributed by atoms with van der Waals surface area (Å²) in [6.07, 6.45) is 5.17. The van der Waals surface area contributed by atoms with Crippen molar-refractivity contribution < 1.29 is 28.7 Å². The van der Waals surface area contributed by atoms with Crippen LogP contribution in [0.1, 0.15) is 76.0 Å². The summed E-state index contributed by atoms with van der Waals surface area (Å²) in [4.78, 5) is 11.8. The van der Waals surface area contributed by atoms with Gasteiger partial charge in [-0.15, -0.1) is 0 Å². The molecule has 2 heterocycles. The van der Waals surface area contributed by atoms with E-state index in [0.29, 0.717) is 6.61 Å². The van der Waals surface area contributed by atoms with Gasteiger partial charge in [0.25, 0.3) is 0 Å². The molecule has 0 amide bonds. The Labute approximate surface area is 244 Å². The van der Waals surface area contributed by atoms with Crippen molar-refractivity contribution in [1.82, 2.24) is 0 Å². The second-order valence-electron chi connectivity index (χ2n) is 11.4. The SMILES string of the molecule is CCCCCCCCOO[C@H]1[C@@H](COC(c2ccccc2)(c2ccccc2)c2ccccc2)OC2OC(C)(C)O[C@@H]21. The molecule has 0 N–H and O–H groups in total. The van der Waals surface area contributed by atoms with Gasteiger partial charge in [0.15, 0.2) is 18.2 Å². The van der Waals surface area contributed by atoms with Gasteiger partial charge in [-0.2, -0.15) is 0 Å². The van der Waals surface area contributed by atoms with Crippen molar-refractivity contribution in [1.29, 1.82) is 0 Å². The zero-order valence-electron chi connectivity index (χ0n) is 24.6. The highest BCUT2D eigenvalue weighted by atomic mass is 17.2. The number of hydrogen-bond acceptors (Lipinski definition) is 6. The van der Waals surface area contributed by atoms with Crippen LogP contribution >= 0.6 is 0 Å². The van der Waals surface area contributed by atoms with Crippen molar-refractivity contribution in [3.05, 3.63) is 108 Å². The van der Waals surface area contributed by atoms with Gasteiger partial charge < -0.3 is 18.9 Å². The first-order chi connectivity index (χ1) is 20.0. The molecular weight excluding hydrogens is 516 g/mol. The third-order valence-electron chi connectivity index (χ3n) is 7.85. The van der Waals surface area contributed by atoms with Gasteiger partial charge in [0.2, 0.25) is 0 Å². The number of benzene rings is 3. The minimum Gasteiger partial charge on any atom is -0.358 e. The molecule has 6 heteroatoms. The summed E-state index contributed by atoms with van der Waals surface area (Å²) in [6, 6.07) is 31.0. The number of hydrogen-bond donors (Lipinski definition) is 0. The summed E-state index contributed by atoms with van der Waals surface area (Å²) >= 11 is 0. The van der Waals surface area contributed by atoms with Crippen molar-refractivity contribution in [2.45, 2.75) is 95.3 Å². The smallest absolute Gasteiger partial charge is 0.190 e. The summed E-state index contributed by atoms with van der Waals surface area (Å²) in [5.41, 5.74) is 2.22. The van der Waals surface area contributed by atoms with Crippen LogP contribution in [0.4, 0.5) is 0 Å². The zero-order valence-corrected chi connectivity index (χ0v) is 24.6. The maximum Gasteiger partial charge on any atom is 0.190 e. The Balaban J connectivity index is 1.36. The van der Waals surface area contributed by atoms with Crippen LogP contribution in [0.5, 0.6) is 0 Å². The van der Waals surface area contributed by atoms with Crippen molar-refractivity contribution in [2.24, 2.45) is 0 Å². The molecule has 1 unspecified atom stereocenters. The molecule has 4 atom stereocenters. The van der Waals surface area contributed by atoms with E-state index in [1.165, 1.54) is 25.7 Å². The Bertz CT molecular complexity index is 1070. The molecule has 2 aliphatic rings. The largest absolute Gasteiger partial charge is 0.358 e. The van der Waals surface area contributed by atoms with E-state index < -0.39 is 36.0 Å². The lowest BCUT2D eigenvalue weighted by Crippen LogP contribution is -2.42. The van der Waals surface area contributed by atoms with Gasteiger partial charge in [-0.25, -0.2) is 9.78 Å². The molecule has 0 radical (unpaired) electrons. The van der Waals surface area contributed by atoms with Gasteiger partial charge >= 0.3 is 0 Å². The lowest BCUT2D eigenvalue weighted by Gasteiger charge is -2.37.